The minimum atomic E-state index is -0.740. The van der Waals surface area contributed by atoms with Crippen LogP contribution in [0.5, 0.6) is 0 Å². The Kier molecular flexibility index (Phi) is 2.36. The van der Waals surface area contributed by atoms with Crippen molar-refractivity contribution in [2.24, 2.45) is 0 Å². The number of hydrogen-bond donors (Lipinski definition) is 0. The molecule has 0 atom stereocenters. The van der Waals surface area contributed by atoms with Gasteiger partial charge in [-0.3, -0.25) is 0 Å². The molecule has 0 aliphatic rings. The smallest absolute Gasteiger partial charge is 0.134 e. The summed E-state index contributed by atoms with van der Waals surface area (Å²) in [6.45, 7) is 1.31. The minimum absolute atomic E-state index is 0.0643. The Bertz CT molecular complexity index is 331. The van der Waals surface area contributed by atoms with Crippen LogP contribution >= 0.6 is 0 Å². The molecule has 1 aromatic rings. The van der Waals surface area contributed by atoms with Crippen molar-refractivity contribution in [2.75, 3.05) is 0 Å². The molecule has 1 nitrogen and oxygen atoms in total. The van der Waals surface area contributed by atoms with E-state index in [0.717, 1.165) is 12.1 Å². The molecule has 0 saturated carbocycles. The molecule has 0 aliphatic carbocycles. The minimum Gasteiger partial charge on any atom is -0.233 e. The van der Waals surface area contributed by atoms with Gasteiger partial charge in [-0.15, -0.1) is 0 Å². The summed E-state index contributed by atoms with van der Waals surface area (Å²) in [5, 5.41) is 0. The van der Waals surface area contributed by atoms with E-state index in [1.54, 1.807) is 0 Å². The summed E-state index contributed by atoms with van der Waals surface area (Å²) >= 11 is 0. The highest BCUT2D eigenvalue weighted by Crippen LogP contribution is 2.18. The molecule has 0 N–H and O–H groups in total. The van der Waals surface area contributed by atoms with Gasteiger partial charge in [0.15, 0.2) is 0 Å². The second-order valence-corrected chi connectivity index (χ2v) is 2.32. The zero-order chi connectivity index (χ0) is 9.14. The zero-order valence-corrected chi connectivity index (χ0v) is 6.40. The van der Waals surface area contributed by atoms with E-state index in [1.807, 2.05) is 0 Å². The Hall–Kier alpha value is -1.47. The maximum Gasteiger partial charge on any atom is 0.134 e. The van der Waals surface area contributed by atoms with Crippen molar-refractivity contribution in [1.29, 1.82) is 0 Å². The Morgan fingerprint density at radius 3 is 2.25 bits per heavy atom. The standard InChI is InChI=1S/C9H6F2O/c1-6(5-12)9-7(10)3-2-4-8(9)11/h2-4H,1H3. The molecule has 12 heavy (non-hydrogen) atoms. The predicted octanol–water partition coefficient (Wildman–Crippen LogP) is 2.20. The molecular formula is C9H6F2O. The van der Waals surface area contributed by atoms with Gasteiger partial charge in [-0.25, -0.2) is 13.6 Å². The van der Waals surface area contributed by atoms with Crippen LogP contribution in [0.3, 0.4) is 0 Å². The third kappa shape index (κ3) is 1.41. The Balaban J connectivity index is 3.41. The second-order valence-electron chi connectivity index (χ2n) is 2.32. The van der Waals surface area contributed by atoms with Crippen LogP contribution in [0.4, 0.5) is 8.78 Å². The van der Waals surface area contributed by atoms with Gasteiger partial charge in [0.05, 0.1) is 5.56 Å². The van der Waals surface area contributed by atoms with Gasteiger partial charge in [0.25, 0.3) is 0 Å². The summed E-state index contributed by atoms with van der Waals surface area (Å²) in [7, 11) is 0. The third-order valence-electron chi connectivity index (χ3n) is 1.49. The summed E-state index contributed by atoms with van der Waals surface area (Å²) in [5.41, 5.74) is -0.363. The Morgan fingerprint density at radius 1 is 1.33 bits per heavy atom. The molecule has 62 valence electrons. The van der Waals surface area contributed by atoms with Crippen molar-refractivity contribution < 1.29 is 13.6 Å². The van der Waals surface area contributed by atoms with Crippen molar-refractivity contribution in [3.63, 3.8) is 0 Å². The topological polar surface area (TPSA) is 17.1 Å². The van der Waals surface area contributed by atoms with Crippen LogP contribution in [-0.2, 0) is 4.79 Å². The molecule has 0 amide bonds. The van der Waals surface area contributed by atoms with Gasteiger partial charge in [-0.2, -0.15) is 0 Å². The summed E-state index contributed by atoms with van der Waals surface area (Å²) < 4.78 is 25.7. The van der Waals surface area contributed by atoms with E-state index in [-0.39, 0.29) is 11.1 Å². The number of hydrogen-bond acceptors (Lipinski definition) is 1. The summed E-state index contributed by atoms with van der Waals surface area (Å²) in [4.78, 5) is 10.1. The van der Waals surface area contributed by atoms with E-state index >= 15 is 0 Å². The molecule has 0 aliphatic heterocycles. The van der Waals surface area contributed by atoms with Crippen LogP contribution in [0.2, 0.25) is 0 Å². The first-order valence-electron chi connectivity index (χ1n) is 3.33. The zero-order valence-electron chi connectivity index (χ0n) is 6.40. The largest absolute Gasteiger partial charge is 0.233 e. The molecule has 0 fully saturated rings. The third-order valence-corrected chi connectivity index (χ3v) is 1.49. The molecule has 3 heteroatoms. The van der Waals surface area contributed by atoms with Crippen LogP contribution < -0.4 is 0 Å². The first kappa shape index (κ1) is 8.62. The highest BCUT2D eigenvalue weighted by Gasteiger charge is 2.09. The molecule has 0 saturated heterocycles. The van der Waals surface area contributed by atoms with Crippen LogP contribution in [0.15, 0.2) is 18.2 Å². The fourth-order valence-corrected chi connectivity index (χ4v) is 0.907. The average molecular weight is 168 g/mol. The highest BCUT2D eigenvalue weighted by molar-refractivity contribution is 5.86. The molecular weight excluding hydrogens is 162 g/mol. The lowest BCUT2D eigenvalue weighted by Gasteiger charge is -2.00. The van der Waals surface area contributed by atoms with Crippen LogP contribution in [0.1, 0.15) is 12.5 Å². The lowest BCUT2D eigenvalue weighted by atomic mass is 10.1. The maximum atomic E-state index is 12.8. The van der Waals surface area contributed by atoms with E-state index < -0.39 is 11.6 Å². The van der Waals surface area contributed by atoms with Crippen molar-refractivity contribution in [3.8, 4) is 0 Å². The fraction of sp³-hybridized carbons (Fsp3) is 0.111. The lowest BCUT2D eigenvalue weighted by molar-refractivity contribution is 0.564. The molecule has 0 heterocycles. The number of halogens is 2. The van der Waals surface area contributed by atoms with Gasteiger partial charge >= 0.3 is 0 Å². The Morgan fingerprint density at radius 2 is 1.83 bits per heavy atom. The lowest BCUT2D eigenvalue weighted by Crippen LogP contribution is -1.92. The monoisotopic (exact) mass is 168 g/mol. The molecule has 1 aromatic carbocycles. The van der Waals surface area contributed by atoms with Gasteiger partial charge in [0.1, 0.15) is 17.6 Å². The van der Waals surface area contributed by atoms with Crippen molar-refractivity contribution >= 4 is 11.5 Å². The quantitative estimate of drug-likeness (QED) is 0.587. The van der Waals surface area contributed by atoms with Crippen molar-refractivity contribution in [2.45, 2.75) is 6.92 Å². The maximum absolute atomic E-state index is 12.8. The second kappa shape index (κ2) is 3.28. The normalized spacial score (nSPS) is 9.25. The van der Waals surface area contributed by atoms with Crippen molar-refractivity contribution in [3.05, 3.63) is 35.4 Å². The molecule has 0 bridgehead atoms. The molecule has 0 aromatic heterocycles. The van der Waals surface area contributed by atoms with E-state index in [4.69, 9.17) is 0 Å². The molecule has 0 unspecified atom stereocenters. The van der Waals surface area contributed by atoms with Crippen LogP contribution in [-0.4, -0.2) is 5.94 Å². The van der Waals surface area contributed by atoms with Crippen LogP contribution in [0, 0.1) is 11.6 Å². The first-order valence-corrected chi connectivity index (χ1v) is 3.33. The van der Waals surface area contributed by atoms with Gasteiger partial charge in [-0.1, -0.05) is 6.07 Å². The average Bonchev–Trinajstić information content (AvgIpc) is 2.03. The van der Waals surface area contributed by atoms with Crippen LogP contribution in [0.25, 0.3) is 5.57 Å². The number of rotatable bonds is 1. The SMILES string of the molecule is CC(=C=O)c1c(F)cccc1F. The van der Waals surface area contributed by atoms with E-state index in [1.165, 1.54) is 18.9 Å². The van der Waals surface area contributed by atoms with Gasteiger partial charge in [0.2, 0.25) is 0 Å². The molecule has 1 rings (SSSR count). The molecule has 0 radical (unpaired) electrons. The van der Waals surface area contributed by atoms with Gasteiger partial charge < -0.3 is 0 Å². The first-order chi connectivity index (χ1) is 5.66. The predicted molar refractivity (Wildman–Crippen MR) is 41.1 cm³/mol. The summed E-state index contributed by atoms with van der Waals surface area (Å²) in [5.74, 6) is -0.0304. The number of carbonyl (C=O) groups excluding carboxylic acids is 1. The van der Waals surface area contributed by atoms with Gasteiger partial charge in [-0.05, 0) is 19.1 Å². The van der Waals surface area contributed by atoms with Gasteiger partial charge in [0, 0.05) is 5.57 Å². The van der Waals surface area contributed by atoms with E-state index in [2.05, 4.69) is 0 Å². The highest BCUT2D eigenvalue weighted by atomic mass is 19.1. The van der Waals surface area contributed by atoms with Crippen molar-refractivity contribution in [1.82, 2.24) is 0 Å². The number of allylic oxidation sites excluding steroid dienone is 1. The number of benzene rings is 1. The van der Waals surface area contributed by atoms with E-state index in [9.17, 15) is 13.6 Å². The summed E-state index contributed by atoms with van der Waals surface area (Å²) in [6, 6.07) is 3.44. The fourth-order valence-electron chi connectivity index (χ4n) is 0.907. The van der Waals surface area contributed by atoms with E-state index in [0.29, 0.717) is 0 Å². The summed E-state index contributed by atoms with van der Waals surface area (Å²) in [6.07, 6.45) is 0. The molecule has 0 spiro atoms. The Labute approximate surface area is 68.3 Å².